The van der Waals surface area contributed by atoms with Gasteiger partial charge >= 0.3 is 6.09 Å². The van der Waals surface area contributed by atoms with Gasteiger partial charge in [0.1, 0.15) is 11.5 Å². The van der Waals surface area contributed by atoms with Crippen molar-refractivity contribution in [2.75, 3.05) is 11.9 Å². The summed E-state index contributed by atoms with van der Waals surface area (Å²) < 4.78 is 11.2. The van der Waals surface area contributed by atoms with Gasteiger partial charge in [-0.25, -0.2) is 14.8 Å². The molecule has 1 heterocycles. The van der Waals surface area contributed by atoms with Crippen molar-refractivity contribution in [3.05, 3.63) is 120 Å². The molecule has 1 amide bonds. The van der Waals surface area contributed by atoms with Crippen LogP contribution in [0, 0.1) is 0 Å². The number of hydrogen-bond acceptors (Lipinski definition) is 6. The van der Waals surface area contributed by atoms with E-state index in [1.165, 1.54) is 17.3 Å². The molecule has 0 fully saturated rings. The van der Waals surface area contributed by atoms with Crippen molar-refractivity contribution in [2.24, 2.45) is 0 Å². The highest BCUT2D eigenvalue weighted by Gasteiger charge is 2.08. The fourth-order valence-electron chi connectivity index (χ4n) is 3.76. The van der Waals surface area contributed by atoms with E-state index in [4.69, 9.17) is 9.47 Å². The number of aromatic nitrogens is 2. The number of fused-ring (bicyclic) bond motifs is 1. The third-order valence-corrected chi connectivity index (χ3v) is 5.65. The van der Waals surface area contributed by atoms with Crippen LogP contribution in [-0.2, 0) is 13.0 Å². The Balaban J connectivity index is 1.08. The number of amides is 1. The third kappa shape index (κ3) is 6.90. The number of nitrogens with one attached hydrogen (secondary N) is 2. The average Bonchev–Trinajstić information content (AvgIpc) is 2.93. The summed E-state index contributed by atoms with van der Waals surface area (Å²) in [6.07, 6.45) is 1.71. The second kappa shape index (κ2) is 11.8. The first-order valence-electron chi connectivity index (χ1n) is 12.0. The molecule has 0 saturated heterocycles. The molecular weight excluding hydrogens is 464 g/mol. The standard InChI is InChI=1S/C30H26N4O3/c35-30(37-29-21-32-27-8-4-5-9-28(27)34-29)33-24-12-16-26(17-13-24)36-25-14-10-22(11-15-25)18-19-31-20-23-6-2-1-3-7-23/h1-17,21,31H,18-20H2,(H,33,35). The van der Waals surface area contributed by atoms with Gasteiger partial charge in [-0.2, -0.15) is 0 Å². The topological polar surface area (TPSA) is 85.4 Å². The van der Waals surface area contributed by atoms with Crippen LogP contribution in [0.2, 0.25) is 0 Å². The van der Waals surface area contributed by atoms with Gasteiger partial charge in [-0.05, 0) is 72.6 Å². The van der Waals surface area contributed by atoms with Crippen LogP contribution in [0.5, 0.6) is 17.4 Å². The van der Waals surface area contributed by atoms with Crippen molar-refractivity contribution in [2.45, 2.75) is 13.0 Å². The number of ether oxygens (including phenoxy) is 2. The number of carbonyl (C=O) groups excluding carboxylic acids is 1. The lowest BCUT2D eigenvalue weighted by Gasteiger charge is -2.09. The van der Waals surface area contributed by atoms with Crippen molar-refractivity contribution in [3.63, 3.8) is 0 Å². The molecule has 7 heteroatoms. The summed E-state index contributed by atoms with van der Waals surface area (Å²) in [7, 11) is 0. The molecule has 0 radical (unpaired) electrons. The summed E-state index contributed by atoms with van der Waals surface area (Å²) in [4.78, 5) is 20.8. The second-order valence-corrected chi connectivity index (χ2v) is 8.39. The number of hydrogen-bond donors (Lipinski definition) is 2. The van der Waals surface area contributed by atoms with E-state index in [0.717, 1.165) is 30.8 Å². The molecule has 5 aromatic rings. The van der Waals surface area contributed by atoms with E-state index in [9.17, 15) is 4.79 Å². The molecule has 0 aliphatic heterocycles. The zero-order valence-corrected chi connectivity index (χ0v) is 20.1. The summed E-state index contributed by atoms with van der Waals surface area (Å²) in [5.74, 6) is 1.54. The average molecular weight is 491 g/mol. The molecule has 0 saturated carbocycles. The normalized spacial score (nSPS) is 10.7. The molecule has 0 unspecified atom stereocenters. The first-order chi connectivity index (χ1) is 18.2. The molecule has 7 nitrogen and oxygen atoms in total. The lowest BCUT2D eigenvalue weighted by Crippen LogP contribution is -2.17. The second-order valence-electron chi connectivity index (χ2n) is 8.39. The summed E-state index contributed by atoms with van der Waals surface area (Å²) in [6.45, 7) is 1.77. The van der Waals surface area contributed by atoms with Crippen molar-refractivity contribution >= 4 is 22.8 Å². The smallest absolute Gasteiger partial charge is 0.418 e. The van der Waals surface area contributed by atoms with Crippen LogP contribution in [0.25, 0.3) is 11.0 Å². The van der Waals surface area contributed by atoms with Gasteiger partial charge < -0.3 is 14.8 Å². The van der Waals surface area contributed by atoms with Gasteiger partial charge in [0.15, 0.2) is 0 Å². The highest BCUT2D eigenvalue weighted by atomic mass is 16.6. The number of carbonyl (C=O) groups is 1. The maximum Gasteiger partial charge on any atom is 0.418 e. The lowest BCUT2D eigenvalue weighted by molar-refractivity contribution is 0.213. The Morgan fingerprint density at radius 1 is 0.730 bits per heavy atom. The molecule has 0 aliphatic rings. The minimum atomic E-state index is -0.646. The monoisotopic (exact) mass is 490 g/mol. The molecule has 0 aliphatic carbocycles. The number of para-hydroxylation sites is 2. The third-order valence-electron chi connectivity index (χ3n) is 5.65. The highest BCUT2D eigenvalue weighted by molar-refractivity contribution is 5.86. The van der Waals surface area contributed by atoms with Crippen LogP contribution in [-0.4, -0.2) is 22.6 Å². The minimum absolute atomic E-state index is 0.131. The van der Waals surface area contributed by atoms with Gasteiger partial charge in [0.2, 0.25) is 5.88 Å². The minimum Gasteiger partial charge on any atom is -0.457 e. The molecule has 0 atom stereocenters. The van der Waals surface area contributed by atoms with Gasteiger partial charge in [0.05, 0.1) is 17.2 Å². The molecule has 1 aromatic heterocycles. The maximum atomic E-state index is 12.3. The predicted molar refractivity (Wildman–Crippen MR) is 144 cm³/mol. The Morgan fingerprint density at radius 2 is 1.41 bits per heavy atom. The van der Waals surface area contributed by atoms with Crippen molar-refractivity contribution in [1.82, 2.24) is 15.3 Å². The van der Waals surface area contributed by atoms with Gasteiger partial charge in [0, 0.05) is 12.2 Å². The van der Waals surface area contributed by atoms with Crippen molar-refractivity contribution in [1.29, 1.82) is 0 Å². The van der Waals surface area contributed by atoms with E-state index >= 15 is 0 Å². The molecule has 0 bridgehead atoms. The molecule has 2 N–H and O–H groups in total. The maximum absolute atomic E-state index is 12.3. The lowest BCUT2D eigenvalue weighted by atomic mass is 10.1. The summed E-state index contributed by atoms with van der Waals surface area (Å²) >= 11 is 0. The number of benzene rings is 4. The Kier molecular flexibility index (Phi) is 7.64. The first-order valence-corrected chi connectivity index (χ1v) is 12.0. The SMILES string of the molecule is O=C(Nc1ccc(Oc2ccc(CCNCc3ccccc3)cc2)cc1)Oc1cnc2ccccc2n1. The molecule has 37 heavy (non-hydrogen) atoms. The van der Waals surface area contributed by atoms with Crippen molar-refractivity contribution < 1.29 is 14.3 Å². The molecule has 0 spiro atoms. The van der Waals surface area contributed by atoms with Crippen LogP contribution in [0.1, 0.15) is 11.1 Å². The number of rotatable bonds is 9. The van der Waals surface area contributed by atoms with E-state index in [1.807, 2.05) is 42.5 Å². The predicted octanol–water partition coefficient (Wildman–Crippen LogP) is 6.37. The van der Waals surface area contributed by atoms with Crippen LogP contribution in [0.4, 0.5) is 10.5 Å². The fourth-order valence-corrected chi connectivity index (χ4v) is 3.76. The highest BCUT2D eigenvalue weighted by Crippen LogP contribution is 2.24. The first kappa shape index (κ1) is 24.0. The molecular formula is C30H26N4O3. The molecule has 184 valence electrons. The Morgan fingerprint density at radius 3 is 2.16 bits per heavy atom. The van der Waals surface area contributed by atoms with Crippen LogP contribution < -0.4 is 20.1 Å². The number of anilines is 1. The van der Waals surface area contributed by atoms with E-state index < -0.39 is 6.09 Å². The Bertz CT molecular complexity index is 1460. The van der Waals surface area contributed by atoms with Gasteiger partial charge in [-0.1, -0.05) is 54.6 Å². The van der Waals surface area contributed by atoms with E-state index in [1.54, 1.807) is 24.3 Å². The van der Waals surface area contributed by atoms with Crippen LogP contribution in [0.15, 0.2) is 109 Å². The zero-order valence-electron chi connectivity index (χ0n) is 20.1. The van der Waals surface area contributed by atoms with E-state index in [2.05, 4.69) is 57.0 Å². The Hall–Kier alpha value is -4.75. The van der Waals surface area contributed by atoms with Crippen molar-refractivity contribution in [3.8, 4) is 17.4 Å². The summed E-state index contributed by atoms with van der Waals surface area (Å²) in [6, 6.07) is 32.9. The van der Waals surface area contributed by atoms with Gasteiger partial charge in [-0.3, -0.25) is 5.32 Å². The zero-order chi connectivity index (χ0) is 25.3. The number of nitrogens with zero attached hydrogens (tertiary/aromatic N) is 2. The largest absolute Gasteiger partial charge is 0.457 e. The summed E-state index contributed by atoms with van der Waals surface area (Å²) in [5, 5.41) is 6.15. The van der Waals surface area contributed by atoms with E-state index in [0.29, 0.717) is 17.0 Å². The fraction of sp³-hybridized carbons (Fsp3) is 0.100. The Labute approximate surface area is 215 Å². The van der Waals surface area contributed by atoms with E-state index in [-0.39, 0.29) is 5.88 Å². The van der Waals surface area contributed by atoms with Crippen LogP contribution in [0.3, 0.4) is 0 Å². The van der Waals surface area contributed by atoms with Gasteiger partial charge in [0.25, 0.3) is 0 Å². The molecule has 5 rings (SSSR count). The summed E-state index contributed by atoms with van der Waals surface area (Å²) in [5.41, 5.74) is 4.48. The molecule has 4 aromatic carbocycles. The van der Waals surface area contributed by atoms with Crippen LogP contribution >= 0.6 is 0 Å². The van der Waals surface area contributed by atoms with Gasteiger partial charge in [-0.15, -0.1) is 0 Å². The quantitative estimate of drug-likeness (QED) is 0.234.